The molecule has 2 amide bonds. The monoisotopic (exact) mass is 213 g/mol. The molecule has 1 aliphatic heterocycles. The van der Waals surface area contributed by atoms with Crippen LogP contribution in [-0.2, 0) is 0 Å². The summed E-state index contributed by atoms with van der Waals surface area (Å²) >= 11 is 0. The molecule has 0 spiro atoms. The molecule has 1 heterocycles. The highest BCUT2D eigenvalue weighted by Gasteiger charge is 2.21. The van der Waals surface area contributed by atoms with Gasteiger partial charge in [0.25, 0.3) is 0 Å². The van der Waals surface area contributed by atoms with Crippen LogP contribution in [0.25, 0.3) is 0 Å². The smallest absolute Gasteiger partial charge is 0.319 e. The van der Waals surface area contributed by atoms with Gasteiger partial charge in [-0.1, -0.05) is 6.92 Å². The molecule has 1 aliphatic rings. The summed E-state index contributed by atoms with van der Waals surface area (Å²) in [6, 6.07) is 0.631. The first-order chi connectivity index (χ1) is 7.15. The first-order valence-electron chi connectivity index (χ1n) is 5.84. The second kappa shape index (κ2) is 5.95. The summed E-state index contributed by atoms with van der Waals surface area (Å²) in [6.07, 6.45) is 3.45. The number of nitrogens with zero attached hydrogens (tertiary/aromatic N) is 2. The SMILES string of the molecule is CCCN(CC1CCCN1)C(=O)N(C)C. The Hall–Kier alpha value is -0.770. The molecule has 15 heavy (non-hydrogen) atoms. The lowest BCUT2D eigenvalue weighted by Crippen LogP contribution is -2.45. The highest BCUT2D eigenvalue weighted by atomic mass is 16.2. The normalized spacial score (nSPS) is 20.3. The molecule has 0 aliphatic carbocycles. The van der Waals surface area contributed by atoms with Crippen molar-refractivity contribution < 1.29 is 4.79 Å². The number of urea groups is 1. The van der Waals surface area contributed by atoms with Crippen molar-refractivity contribution in [1.29, 1.82) is 0 Å². The fraction of sp³-hybridized carbons (Fsp3) is 0.909. The summed E-state index contributed by atoms with van der Waals surface area (Å²) < 4.78 is 0. The molecule has 4 nitrogen and oxygen atoms in total. The molecule has 1 atom stereocenters. The Kier molecular flexibility index (Phi) is 4.88. The van der Waals surface area contributed by atoms with Crippen molar-refractivity contribution >= 4 is 6.03 Å². The van der Waals surface area contributed by atoms with E-state index < -0.39 is 0 Å². The van der Waals surface area contributed by atoms with E-state index in [9.17, 15) is 4.79 Å². The van der Waals surface area contributed by atoms with Crippen molar-refractivity contribution in [2.24, 2.45) is 0 Å². The van der Waals surface area contributed by atoms with Crippen molar-refractivity contribution in [3.05, 3.63) is 0 Å². The molecule has 0 saturated carbocycles. The maximum atomic E-state index is 11.8. The predicted molar refractivity (Wildman–Crippen MR) is 62.0 cm³/mol. The Morgan fingerprint density at radius 1 is 1.47 bits per heavy atom. The van der Waals surface area contributed by atoms with Crippen molar-refractivity contribution in [2.75, 3.05) is 33.7 Å². The van der Waals surface area contributed by atoms with Crippen LogP contribution in [0.15, 0.2) is 0 Å². The lowest BCUT2D eigenvalue weighted by molar-refractivity contribution is 0.166. The molecule has 1 saturated heterocycles. The van der Waals surface area contributed by atoms with Crippen LogP contribution in [0.2, 0.25) is 0 Å². The Morgan fingerprint density at radius 3 is 2.67 bits per heavy atom. The maximum absolute atomic E-state index is 11.8. The molecular formula is C11H23N3O. The Labute approximate surface area is 92.6 Å². The maximum Gasteiger partial charge on any atom is 0.319 e. The standard InChI is InChI=1S/C11H23N3O/c1-4-8-14(11(15)13(2)3)9-10-6-5-7-12-10/h10,12H,4-9H2,1-3H3. The van der Waals surface area contributed by atoms with E-state index in [1.54, 1.807) is 4.90 Å². The third kappa shape index (κ3) is 3.70. The quantitative estimate of drug-likeness (QED) is 0.760. The number of hydrogen-bond donors (Lipinski definition) is 1. The molecular weight excluding hydrogens is 190 g/mol. The van der Waals surface area contributed by atoms with Crippen LogP contribution in [0.5, 0.6) is 0 Å². The van der Waals surface area contributed by atoms with Gasteiger partial charge >= 0.3 is 6.03 Å². The third-order valence-electron chi connectivity index (χ3n) is 2.75. The van der Waals surface area contributed by atoms with Gasteiger partial charge in [-0.2, -0.15) is 0 Å². The molecule has 1 fully saturated rings. The van der Waals surface area contributed by atoms with Crippen molar-refractivity contribution in [2.45, 2.75) is 32.2 Å². The highest BCUT2D eigenvalue weighted by molar-refractivity contribution is 5.73. The van der Waals surface area contributed by atoms with Crippen LogP contribution >= 0.6 is 0 Å². The van der Waals surface area contributed by atoms with Gasteiger partial charge in [-0.25, -0.2) is 4.79 Å². The number of amides is 2. The van der Waals surface area contributed by atoms with E-state index in [4.69, 9.17) is 0 Å². The van der Waals surface area contributed by atoms with Crippen molar-refractivity contribution in [3.8, 4) is 0 Å². The van der Waals surface area contributed by atoms with E-state index >= 15 is 0 Å². The minimum Gasteiger partial charge on any atom is -0.331 e. The van der Waals surface area contributed by atoms with E-state index in [0.717, 1.165) is 26.1 Å². The molecule has 0 radical (unpaired) electrons. The van der Waals surface area contributed by atoms with Gasteiger partial charge in [0.05, 0.1) is 0 Å². The van der Waals surface area contributed by atoms with Crippen LogP contribution in [0.4, 0.5) is 4.79 Å². The third-order valence-corrected chi connectivity index (χ3v) is 2.75. The zero-order valence-electron chi connectivity index (χ0n) is 10.1. The van der Waals surface area contributed by atoms with Crippen LogP contribution < -0.4 is 5.32 Å². The largest absolute Gasteiger partial charge is 0.331 e. The average Bonchev–Trinajstić information content (AvgIpc) is 2.68. The molecule has 0 aromatic rings. The van der Waals surface area contributed by atoms with E-state index in [0.29, 0.717) is 6.04 Å². The van der Waals surface area contributed by atoms with Gasteiger partial charge in [0.1, 0.15) is 0 Å². The molecule has 1 unspecified atom stereocenters. The Bertz CT molecular complexity index is 200. The molecule has 4 heteroatoms. The van der Waals surface area contributed by atoms with Gasteiger partial charge in [0.2, 0.25) is 0 Å². The summed E-state index contributed by atoms with van der Waals surface area (Å²) in [6.45, 7) is 4.92. The predicted octanol–water partition coefficient (Wildman–Crippen LogP) is 1.13. The minimum atomic E-state index is 0.130. The Balaban J connectivity index is 2.45. The van der Waals surface area contributed by atoms with Crippen LogP contribution in [0.1, 0.15) is 26.2 Å². The summed E-state index contributed by atoms with van der Waals surface area (Å²) in [4.78, 5) is 15.4. The summed E-state index contributed by atoms with van der Waals surface area (Å²) in [7, 11) is 3.63. The summed E-state index contributed by atoms with van der Waals surface area (Å²) in [5.41, 5.74) is 0. The topological polar surface area (TPSA) is 35.6 Å². The van der Waals surface area contributed by atoms with E-state index in [2.05, 4.69) is 12.2 Å². The van der Waals surface area contributed by atoms with Gasteiger partial charge in [0, 0.05) is 33.2 Å². The molecule has 1 rings (SSSR count). The lowest BCUT2D eigenvalue weighted by Gasteiger charge is -2.28. The number of nitrogens with one attached hydrogen (secondary N) is 1. The van der Waals surface area contributed by atoms with Crippen molar-refractivity contribution in [1.82, 2.24) is 15.1 Å². The zero-order chi connectivity index (χ0) is 11.3. The van der Waals surface area contributed by atoms with Gasteiger partial charge in [-0.05, 0) is 25.8 Å². The number of hydrogen-bond acceptors (Lipinski definition) is 2. The van der Waals surface area contributed by atoms with E-state index in [1.807, 2.05) is 19.0 Å². The van der Waals surface area contributed by atoms with Gasteiger partial charge in [0.15, 0.2) is 0 Å². The molecule has 88 valence electrons. The van der Waals surface area contributed by atoms with Gasteiger partial charge in [-0.3, -0.25) is 0 Å². The van der Waals surface area contributed by atoms with E-state index in [-0.39, 0.29) is 6.03 Å². The summed E-state index contributed by atoms with van der Waals surface area (Å²) in [5, 5.41) is 3.43. The van der Waals surface area contributed by atoms with Crippen LogP contribution in [0, 0.1) is 0 Å². The fourth-order valence-corrected chi connectivity index (χ4v) is 2.00. The fourth-order valence-electron chi connectivity index (χ4n) is 2.00. The second-order valence-electron chi connectivity index (χ2n) is 4.42. The minimum absolute atomic E-state index is 0.130. The molecule has 0 aromatic heterocycles. The Morgan fingerprint density at radius 2 is 2.20 bits per heavy atom. The van der Waals surface area contributed by atoms with Crippen molar-refractivity contribution in [3.63, 3.8) is 0 Å². The molecule has 1 N–H and O–H groups in total. The average molecular weight is 213 g/mol. The van der Waals surface area contributed by atoms with Crippen LogP contribution in [0.3, 0.4) is 0 Å². The molecule has 0 bridgehead atoms. The summed E-state index contributed by atoms with van der Waals surface area (Å²) in [5.74, 6) is 0. The first-order valence-corrected chi connectivity index (χ1v) is 5.84. The first kappa shape index (κ1) is 12.3. The second-order valence-corrected chi connectivity index (χ2v) is 4.42. The number of rotatable bonds is 4. The van der Waals surface area contributed by atoms with Gasteiger partial charge < -0.3 is 15.1 Å². The number of carbonyl (C=O) groups is 1. The molecule has 0 aromatic carbocycles. The zero-order valence-corrected chi connectivity index (χ0v) is 10.1. The number of carbonyl (C=O) groups excluding carboxylic acids is 1. The van der Waals surface area contributed by atoms with E-state index in [1.165, 1.54) is 12.8 Å². The highest BCUT2D eigenvalue weighted by Crippen LogP contribution is 2.08. The van der Waals surface area contributed by atoms with Crippen LogP contribution in [-0.4, -0.2) is 55.6 Å². The lowest BCUT2D eigenvalue weighted by atomic mass is 10.2. The van der Waals surface area contributed by atoms with Gasteiger partial charge in [-0.15, -0.1) is 0 Å².